The van der Waals surface area contributed by atoms with Gasteiger partial charge in [-0.25, -0.2) is 0 Å². The Morgan fingerprint density at radius 1 is 1.38 bits per heavy atom. The van der Waals surface area contributed by atoms with Gasteiger partial charge in [-0.05, 0) is 30.5 Å². The van der Waals surface area contributed by atoms with Gasteiger partial charge in [-0.3, -0.25) is 9.88 Å². The maximum atomic E-state index is 8.74. The number of rotatable bonds is 5. The van der Waals surface area contributed by atoms with Crippen LogP contribution in [0.5, 0.6) is 0 Å². The van der Waals surface area contributed by atoms with Gasteiger partial charge < -0.3 is 9.84 Å². The maximum absolute atomic E-state index is 8.74. The molecule has 1 aliphatic heterocycles. The van der Waals surface area contributed by atoms with E-state index in [1.54, 1.807) is 17.5 Å². The number of pyridine rings is 1. The van der Waals surface area contributed by atoms with E-state index in [9.17, 15) is 0 Å². The lowest BCUT2D eigenvalue weighted by atomic mass is 10.1. The number of ether oxygens (including phenoxy) is 1. The fourth-order valence-electron chi connectivity index (χ4n) is 2.82. The van der Waals surface area contributed by atoms with Gasteiger partial charge >= 0.3 is 0 Å². The van der Waals surface area contributed by atoms with Crippen LogP contribution >= 0.6 is 11.3 Å². The molecule has 1 aliphatic rings. The summed E-state index contributed by atoms with van der Waals surface area (Å²) in [5, 5.41) is 10.8. The van der Waals surface area contributed by atoms with Crippen molar-refractivity contribution < 1.29 is 9.84 Å². The highest BCUT2D eigenvalue weighted by Gasteiger charge is 2.20. The molecule has 0 spiro atoms. The van der Waals surface area contributed by atoms with Crippen LogP contribution in [0.4, 0.5) is 0 Å². The summed E-state index contributed by atoms with van der Waals surface area (Å²) in [6, 6.07) is 6.12. The molecule has 0 atom stereocenters. The molecule has 0 radical (unpaired) electrons. The molecule has 24 heavy (non-hydrogen) atoms. The molecule has 4 nitrogen and oxygen atoms in total. The molecule has 1 saturated heterocycles. The third kappa shape index (κ3) is 5.15. The first-order valence-corrected chi connectivity index (χ1v) is 9.11. The third-order valence-corrected chi connectivity index (χ3v) is 5.01. The molecule has 0 amide bonds. The minimum atomic E-state index is -0.0856. The first-order chi connectivity index (χ1) is 11.8. The molecule has 3 heterocycles. The zero-order valence-electron chi connectivity index (χ0n) is 13.6. The van der Waals surface area contributed by atoms with Crippen molar-refractivity contribution in [1.82, 2.24) is 9.88 Å². The number of aliphatic hydroxyl groups excluding tert-OH is 1. The van der Waals surface area contributed by atoms with Crippen LogP contribution in [0.1, 0.15) is 28.8 Å². The quantitative estimate of drug-likeness (QED) is 0.849. The molecule has 5 heteroatoms. The summed E-state index contributed by atoms with van der Waals surface area (Å²) in [5.41, 5.74) is 2.13. The van der Waals surface area contributed by atoms with E-state index in [-0.39, 0.29) is 6.61 Å². The number of aliphatic hydroxyl groups is 1. The van der Waals surface area contributed by atoms with Crippen LogP contribution in [0.3, 0.4) is 0 Å². The Kier molecular flexibility index (Phi) is 6.39. The second kappa shape index (κ2) is 8.95. The number of piperidine rings is 1. The molecule has 0 aromatic carbocycles. The molecule has 0 bridgehead atoms. The van der Waals surface area contributed by atoms with Crippen LogP contribution in [0.2, 0.25) is 0 Å². The van der Waals surface area contributed by atoms with Crippen molar-refractivity contribution in [2.45, 2.75) is 32.1 Å². The van der Waals surface area contributed by atoms with Crippen LogP contribution in [-0.4, -0.2) is 40.8 Å². The summed E-state index contributed by atoms with van der Waals surface area (Å²) in [4.78, 5) is 7.91. The highest BCUT2D eigenvalue weighted by Crippen LogP contribution is 2.21. The molecular weight excluding hydrogens is 320 g/mol. The van der Waals surface area contributed by atoms with Gasteiger partial charge in [0.05, 0.1) is 12.7 Å². The summed E-state index contributed by atoms with van der Waals surface area (Å²) in [5.74, 6) is 5.65. The monoisotopic (exact) mass is 342 g/mol. The Hall–Kier alpha value is -1.71. The number of aromatic nitrogens is 1. The van der Waals surface area contributed by atoms with Crippen LogP contribution in [0.25, 0.3) is 0 Å². The molecule has 0 aliphatic carbocycles. The molecule has 2 aromatic rings. The summed E-state index contributed by atoms with van der Waals surface area (Å²) in [6.07, 6.45) is 6.14. The molecule has 0 saturated carbocycles. The Morgan fingerprint density at radius 2 is 2.25 bits per heavy atom. The topological polar surface area (TPSA) is 45.6 Å². The second-order valence-corrected chi connectivity index (χ2v) is 6.91. The Bertz CT molecular complexity index is 682. The molecule has 3 rings (SSSR count). The Morgan fingerprint density at radius 3 is 3.00 bits per heavy atom. The lowest BCUT2D eigenvalue weighted by molar-refractivity contribution is -0.00386. The Labute approximate surface area is 147 Å². The van der Waals surface area contributed by atoms with Crippen molar-refractivity contribution in [2.75, 3.05) is 19.7 Å². The van der Waals surface area contributed by atoms with E-state index in [1.165, 1.54) is 4.88 Å². The molecular formula is C19H22N2O2S. The van der Waals surface area contributed by atoms with E-state index in [0.717, 1.165) is 43.6 Å². The first-order valence-electron chi connectivity index (χ1n) is 8.23. The smallest absolute Gasteiger partial charge is 0.104 e. The largest absolute Gasteiger partial charge is 0.384 e. The van der Waals surface area contributed by atoms with E-state index in [4.69, 9.17) is 9.84 Å². The van der Waals surface area contributed by atoms with Gasteiger partial charge in [0.2, 0.25) is 0 Å². The minimum Gasteiger partial charge on any atom is -0.384 e. The number of nitrogens with zero attached hydrogens (tertiary/aromatic N) is 2. The highest BCUT2D eigenvalue weighted by molar-refractivity contribution is 7.10. The van der Waals surface area contributed by atoms with Gasteiger partial charge in [-0.1, -0.05) is 17.9 Å². The van der Waals surface area contributed by atoms with Crippen molar-refractivity contribution in [1.29, 1.82) is 0 Å². The fraction of sp³-hybridized carbons (Fsp3) is 0.421. The van der Waals surface area contributed by atoms with Gasteiger partial charge in [-0.2, -0.15) is 0 Å². The van der Waals surface area contributed by atoms with Crippen molar-refractivity contribution >= 4 is 11.3 Å². The van der Waals surface area contributed by atoms with Crippen molar-refractivity contribution in [3.63, 3.8) is 0 Å². The highest BCUT2D eigenvalue weighted by atomic mass is 32.1. The summed E-state index contributed by atoms with van der Waals surface area (Å²) in [7, 11) is 0. The normalized spacial score (nSPS) is 15.9. The average Bonchev–Trinajstić information content (AvgIpc) is 3.07. The zero-order chi connectivity index (χ0) is 16.6. The average molecular weight is 342 g/mol. The number of likely N-dealkylation sites (tertiary alicyclic amines) is 1. The van der Waals surface area contributed by atoms with Crippen molar-refractivity contribution in [2.24, 2.45) is 0 Å². The van der Waals surface area contributed by atoms with Crippen LogP contribution < -0.4 is 0 Å². The van der Waals surface area contributed by atoms with Gasteiger partial charge in [-0.15, -0.1) is 11.3 Å². The number of thiophene rings is 1. The Balaban J connectivity index is 1.41. The lowest BCUT2D eigenvalue weighted by Gasteiger charge is -2.31. The van der Waals surface area contributed by atoms with E-state index in [1.807, 2.05) is 12.3 Å². The van der Waals surface area contributed by atoms with E-state index in [2.05, 4.69) is 39.2 Å². The first kappa shape index (κ1) is 17.1. The standard InChI is InChI=1S/C19H22N2O2S/c22-10-2-4-16-11-19(24-15-16)13-21-8-5-18(6-9-21)23-14-17-3-1-7-20-12-17/h1,3,7,11-12,15,18,22H,5-6,8-10,13-14H2. The third-order valence-electron chi connectivity index (χ3n) is 4.09. The summed E-state index contributed by atoms with van der Waals surface area (Å²) >= 11 is 1.74. The zero-order valence-corrected chi connectivity index (χ0v) is 14.5. The predicted octanol–water partition coefficient (Wildman–Crippen LogP) is 2.67. The predicted molar refractivity (Wildman–Crippen MR) is 95.6 cm³/mol. The molecule has 1 N–H and O–H groups in total. The van der Waals surface area contributed by atoms with Gasteiger partial charge in [0.15, 0.2) is 0 Å². The van der Waals surface area contributed by atoms with Gasteiger partial charge in [0.1, 0.15) is 6.61 Å². The molecule has 0 unspecified atom stereocenters. The molecule has 1 fully saturated rings. The van der Waals surface area contributed by atoms with Crippen LogP contribution in [0.15, 0.2) is 36.0 Å². The van der Waals surface area contributed by atoms with E-state index < -0.39 is 0 Å². The van der Waals surface area contributed by atoms with E-state index >= 15 is 0 Å². The van der Waals surface area contributed by atoms with Crippen molar-refractivity contribution in [3.8, 4) is 11.8 Å². The summed E-state index contributed by atoms with van der Waals surface area (Å²) in [6.45, 7) is 3.66. The molecule has 126 valence electrons. The molecule has 2 aromatic heterocycles. The fourth-order valence-corrected chi connectivity index (χ4v) is 3.68. The number of hydrogen-bond donors (Lipinski definition) is 1. The van der Waals surface area contributed by atoms with Gasteiger partial charge in [0, 0.05) is 47.8 Å². The maximum Gasteiger partial charge on any atom is 0.104 e. The van der Waals surface area contributed by atoms with Crippen molar-refractivity contribution in [3.05, 3.63) is 52.0 Å². The van der Waals surface area contributed by atoms with Crippen LogP contribution in [-0.2, 0) is 17.9 Å². The summed E-state index contributed by atoms with van der Waals surface area (Å²) < 4.78 is 6.01. The minimum absolute atomic E-state index is 0.0856. The van der Waals surface area contributed by atoms with Gasteiger partial charge in [0.25, 0.3) is 0 Å². The van der Waals surface area contributed by atoms with Crippen LogP contribution in [0, 0.1) is 11.8 Å². The second-order valence-electron chi connectivity index (χ2n) is 5.91. The van der Waals surface area contributed by atoms with E-state index in [0.29, 0.717) is 12.7 Å². The lowest BCUT2D eigenvalue weighted by Crippen LogP contribution is -2.36. The number of hydrogen-bond acceptors (Lipinski definition) is 5. The SMILES string of the molecule is OCC#Cc1csc(CN2CCC(OCc3cccnc3)CC2)c1.